The Hall–Kier alpha value is -2.54. The van der Waals surface area contributed by atoms with Gasteiger partial charge < -0.3 is 20.1 Å². The van der Waals surface area contributed by atoms with Crippen LogP contribution in [-0.4, -0.2) is 36.9 Å². The van der Waals surface area contributed by atoms with Crippen LogP contribution in [-0.2, 0) is 13.0 Å². The van der Waals surface area contributed by atoms with Gasteiger partial charge >= 0.3 is 0 Å². The third-order valence-corrected chi connectivity index (χ3v) is 3.69. The van der Waals surface area contributed by atoms with Gasteiger partial charge in [-0.15, -0.1) is 0 Å². The lowest BCUT2D eigenvalue weighted by Crippen LogP contribution is -2.24. The van der Waals surface area contributed by atoms with Crippen molar-refractivity contribution < 1.29 is 14.3 Å². The second kappa shape index (κ2) is 6.07. The minimum atomic E-state index is -0.304. The summed E-state index contributed by atoms with van der Waals surface area (Å²) < 4.78 is 10.5. The molecule has 0 spiro atoms. The van der Waals surface area contributed by atoms with Crippen molar-refractivity contribution in [3.05, 3.63) is 35.0 Å². The molecule has 0 aliphatic carbocycles. The number of benzene rings is 1. The quantitative estimate of drug-likeness (QED) is 0.793. The van der Waals surface area contributed by atoms with E-state index in [1.54, 1.807) is 18.2 Å². The molecule has 1 aromatic heterocycles. The third kappa shape index (κ3) is 2.50. The summed E-state index contributed by atoms with van der Waals surface area (Å²) >= 11 is 0. The Labute approximate surface area is 128 Å². The average molecular weight is 302 g/mol. The van der Waals surface area contributed by atoms with Crippen LogP contribution in [0.25, 0.3) is 0 Å². The first kappa shape index (κ1) is 14.4. The van der Waals surface area contributed by atoms with E-state index in [1.165, 1.54) is 14.2 Å². The van der Waals surface area contributed by atoms with Gasteiger partial charge in [0.25, 0.3) is 5.91 Å². The predicted molar refractivity (Wildman–Crippen MR) is 81.5 cm³/mol. The zero-order valence-electron chi connectivity index (χ0n) is 12.5. The van der Waals surface area contributed by atoms with Gasteiger partial charge in [-0.2, -0.15) is 5.10 Å². The van der Waals surface area contributed by atoms with Crippen LogP contribution in [0.1, 0.15) is 21.6 Å². The number of hydrogen-bond acceptors (Lipinski definition) is 5. The number of anilines is 1. The highest BCUT2D eigenvalue weighted by Crippen LogP contribution is 2.29. The van der Waals surface area contributed by atoms with Gasteiger partial charge in [-0.05, 0) is 25.1 Å². The number of nitrogens with zero attached hydrogens (tertiary/aromatic N) is 1. The lowest BCUT2D eigenvalue weighted by Gasteiger charge is -2.15. The zero-order valence-corrected chi connectivity index (χ0v) is 12.5. The van der Waals surface area contributed by atoms with Crippen LogP contribution in [0.4, 0.5) is 5.82 Å². The van der Waals surface area contributed by atoms with Gasteiger partial charge in [0.15, 0.2) is 5.82 Å². The number of ether oxygens (including phenoxy) is 2. The molecule has 0 bridgehead atoms. The van der Waals surface area contributed by atoms with Gasteiger partial charge in [-0.25, -0.2) is 0 Å². The van der Waals surface area contributed by atoms with Crippen molar-refractivity contribution in [2.45, 2.75) is 13.0 Å². The number of carbonyl (C=O) groups excluding carboxylic acids is 1. The number of aromatic nitrogens is 2. The Bertz CT molecular complexity index is 674. The number of fused-ring (bicyclic) bond motifs is 1. The summed E-state index contributed by atoms with van der Waals surface area (Å²) in [6.45, 7) is 1.60. The molecule has 2 heterocycles. The van der Waals surface area contributed by atoms with E-state index in [9.17, 15) is 4.79 Å². The lowest BCUT2D eigenvalue weighted by molar-refractivity contribution is 0.102. The molecule has 1 aliphatic rings. The molecule has 7 heteroatoms. The van der Waals surface area contributed by atoms with E-state index in [0.29, 0.717) is 22.9 Å². The van der Waals surface area contributed by atoms with Gasteiger partial charge in [-0.3, -0.25) is 9.89 Å². The van der Waals surface area contributed by atoms with E-state index < -0.39 is 0 Å². The first-order valence-electron chi connectivity index (χ1n) is 7.03. The molecule has 2 aromatic rings. The van der Waals surface area contributed by atoms with E-state index in [4.69, 9.17) is 9.47 Å². The van der Waals surface area contributed by atoms with Crippen LogP contribution in [0, 0.1) is 0 Å². The van der Waals surface area contributed by atoms with Crippen molar-refractivity contribution in [3.63, 3.8) is 0 Å². The van der Waals surface area contributed by atoms with Crippen molar-refractivity contribution in [3.8, 4) is 11.5 Å². The van der Waals surface area contributed by atoms with Gasteiger partial charge in [0.05, 0.1) is 19.9 Å². The fourth-order valence-corrected chi connectivity index (χ4v) is 2.59. The average Bonchev–Trinajstić information content (AvgIpc) is 2.97. The molecule has 1 amide bonds. The first-order valence-corrected chi connectivity index (χ1v) is 7.03. The van der Waals surface area contributed by atoms with Gasteiger partial charge in [0.1, 0.15) is 17.1 Å². The SMILES string of the molecule is COc1cccc(OC)c1C(=O)Nc1n[nH]c2c1CCNC2. The maximum Gasteiger partial charge on any atom is 0.264 e. The van der Waals surface area contributed by atoms with Crippen molar-refractivity contribution in [2.75, 3.05) is 26.1 Å². The van der Waals surface area contributed by atoms with Crippen molar-refractivity contribution in [1.82, 2.24) is 15.5 Å². The summed E-state index contributed by atoms with van der Waals surface area (Å²) in [7, 11) is 3.04. The molecule has 0 saturated heterocycles. The summed E-state index contributed by atoms with van der Waals surface area (Å²) in [6.07, 6.45) is 0.824. The molecule has 1 aromatic carbocycles. The number of amides is 1. The second-order valence-corrected chi connectivity index (χ2v) is 4.95. The van der Waals surface area contributed by atoms with Crippen LogP contribution >= 0.6 is 0 Å². The van der Waals surface area contributed by atoms with Crippen LogP contribution in [0.5, 0.6) is 11.5 Å². The molecule has 3 N–H and O–H groups in total. The molecule has 0 fully saturated rings. The van der Waals surface area contributed by atoms with Gasteiger partial charge in [0.2, 0.25) is 0 Å². The molecule has 3 rings (SSSR count). The molecule has 0 saturated carbocycles. The first-order chi connectivity index (χ1) is 10.7. The van der Waals surface area contributed by atoms with Crippen LogP contribution in [0.3, 0.4) is 0 Å². The van der Waals surface area contributed by atoms with E-state index >= 15 is 0 Å². The molecular formula is C15H18N4O3. The molecule has 1 aliphatic heterocycles. The number of aromatic amines is 1. The summed E-state index contributed by atoms with van der Waals surface area (Å²) in [5, 5.41) is 13.2. The molecule has 22 heavy (non-hydrogen) atoms. The Morgan fingerprint density at radius 2 is 2.00 bits per heavy atom. The van der Waals surface area contributed by atoms with Gasteiger partial charge in [0, 0.05) is 12.1 Å². The zero-order chi connectivity index (χ0) is 15.5. The molecule has 116 valence electrons. The molecule has 0 atom stereocenters. The highest BCUT2D eigenvalue weighted by atomic mass is 16.5. The van der Waals surface area contributed by atoms with Crippen molar-refractivity contribution >= 4 is 11.7 Å². The normalized spacial score (nSPS) is 13.4. The van der Waals surface area contributed by atoms with E-state index in [2.05, 4.69) is 20.8 Å². The fraction of sp³-hybridized carbons (Fsp3) is 0.333. The molecule has 7 nitrogen and oxygen atoms in total. The Balaban J connectivity index is 1.91. The number of methoxy groups -OCH3 is 2. The minimum Gasteiger partial charge on any atom is -0.496 e. The Kier molecular flexibility index (Phi) is 3.97. The van der Waals surface area contributed by atoms with Crippen LogP contribution in [0.2, 0.25) is 0 Å². The largest absolute Gasteiger partial charge is 0.496 e. The molecule has 0 radical (unpaired) electrons. The molecule has 0 unspecified atom stereocenters. The smallest absolute Gasteiger partial charge is 0.264 e. The summed E-state index contributed by atoms with van der Waals surface area (Å²) in [6, 6.07) is 5.22. The summed E-state index contributed by atoms with van der Waals surface area (Å²) in [5.74, 6) is 1.18. The van der Waals surface area contributed by atoms with Crippen molar-refractivity contribution in [2.24, 2.45) is 0 Å². The number of rotatable bonds is 4. The van der Waals surface area contributed by atoms with Crippen LogP contribution in [0.15, 0.2) is 18.2 Å². The summed E-state index contributed by atoms with van der Waals surface area (Å²) in [4.78, 5) is 12.6. The van der Waals surface area contributed by atoms with E-state index in [1.807, 2.05) is 0 Å². The summed E-state index contributed by atoms with van der Waals surface area (Å²) in [5.41, 5.74) is 2.41. The second-order valence-electron chi connectivity index (χ2n) is 4.95. The fourth-order valence-electron chi connectivity index (χ4n) is 2.59. The van der Waals surface area contributed by atoms with Gasteiger partial charge in [-0.1, -0.05) is 6.07 Å². The predicted octanol–water partition coefficient (Wildman–Crippen LogP) is 1.32. The number of hydrogen-bond donors (Lipinski definition) is 3. The third-order valence-electron chi connectivity index (χ3n) is 3.69. The highest BCUT2D eigenvalue weighted by molar-refractivity contribution is 6.08. The topological polar surface area (TPSA) is 88.3 Å². The number of carbonyl (C=O) groups is 1. The van der Waals surface area contributed by atoms with E-state index in [-0.39, 0.29) is 5.91 Å². The lowest BCUT2D eigenvalue weighted by atomic mass is 10.1. The van der Waals surface area contributed by atoms with Crippen molar-refractivity contribution in [1.29, 1.82) is 0 Å². The minimum absolute atomic E-state index is 0.304. The molecular weight excluding hydrogens is 284 g/mol. The number of nitrogens with one attached hydrogen (secondary N) is 3. The highest BCUT2D eigenvalue weighted by Gasteiger charge is 2.22. The maximum atomic E-state index is 12.6. The Morgan fingerprint density at radius 3 is 2.68 bits per heavy atom. The van der Waals surface area contributed by atoms with E-state index in [0.717, 1.165) is 30.8 Å². The monoisotopic (exact) mass is 302 g/mol. The maximum absolute atomic E-state index is 12.6. The Morgan fingerprint density at radius 1 is 1.27 bits per heavy atom. The van der Waals surface area contributed by atoms with Crippen LogP contribution < -0.4 is 20.1 Å². The number of H-pyrrole nitrogens is 1. The standard InChI is InChI=1S/C15H18N4O3/c1-21-11-4-3-5-12(22-2)13(11)15(20)17-14-9-6-7-16-8-10(9)18-19-14/h3-5,16H,6-8H2,1-2H3,(H2,17,18,19,20).